The summed E-state index contributed by atoms with van der Waals surface area (Å²) >= 11 is 0. The van der Waals surface area contributed by atoms with Crippen molar-refractivity contribution in [3.05, 3.63) is 29.8 Å². The van der Waals surface area contributed by atoms with E-state index < -0.39 is 11.8 Å². The Balaban J connectivity index is 1.56. The van der Waals surface area contributed by atoms with Crippen LogP contribution in [0.4, 0.5) is 0 Å². The molecule has 3 amide bonds. The van der Waals surface area contributed by atoms with Crippen molar-refractivity contribution in [1.82, 2.24) is 15.1 Å². The molecule has 2 saturated heterocycles. The summed E-state index contributed by atoms with van der Waals surface area (Å²) in [5.41, 5.74) is -0.405. The first-order chi connectivity index (χ1) is 15.3. The van der Waals surface area contributed by atoms with Crippen LogP contribution in [0.15, 0.2) is 24.3 Å². The standard InChI is InChI=1S/C24H33N3O5/c1-16(2)25-21(28)20-15-32-24(11-13-26(14-12-24)22(29)17-5-4-6-17)27(20)23(30)18-7-9-19(31-3)10-8-18/h7-10,16-17,20H,4-6,11-15H2,1-3H3,(H,25,28)/t20-/m1/s1. The number of hydrogen-bond acceptors (Lipinski definition) is 5. The zero-order valence-electron chi connectivity index (χ0n) is 19.1. The van der Waals surface area contributed by atoms with Crippen molar-refractivity contribution in [1.29, 1.82) is 0 Å². The molecular formula is C24H33N3O5. The van der Waals surface area contributed by atoms with Crippen LogP contribution in [0.25, 0.3) is 0 Å². The van der Waals surface area contributed by atoms with E-state index in [1.807, 2.05) is 18.7 Å². The van der Waals surface area contributed by atoms with Gasteiger partial charge in [0.1, 0.15) is 17.5 Å². The second kappa shape index (κ2) is 9.10. The molecule has 3 fully saturated rings. The van der Waals surface area contributed by atoms with Gasteiger partial charge in [0.15, 0.2) is 0 Å². The van der Waals surface area contributed by atoms with Gasteiger partial charge in [-0.1, -0.05) is 6.42 Å². The fourth-order valence-electron chi connectivity index (χ4n) is 4.81. The maximum atomic E-state index is 13.6. The number of amides is 3. The van der Waals surface area contributed by atoms with Crippen LogP contribution < -0.4 is 10.1 Å². The summed E-state index contributed by atoms with van der Waals surface area (Å²) in [6, 6.07) is 6.14. The molecule has 3 aliphatic rings. The van der Waals surface area contributed by atoms with E-state index in [0.717, 1.165) is 19.3 Å². The average molecular weight is 444 g/mol. The zero-order valence-corrected chi connectivity index (χ0v) is 19.1. The summed E-state index contributed by atoms with van der Waals surface area (Å²) in [5, 5.41) is 2.92. The monoisotopic (exact) mass is 443 g/mol. The second-order valence-electron chi connectivity index (χ2n) is 9.29. The largest absolute Gasteiger partial charge is 0.497 e. The third kappa shape index (κ3) is 4.20. The van der Waals surface area contributed by atoms with Gasteiger partial charge in [0.05, 0.1) is 13.7 Å². The van der Waals surface area contributed by atoms with E-state index in [0.29, 0.717) is 37.2 Å². The SMILES string of the molecule is COc1ccc(C(=O)N2[C@@H](C(=O)NC(C)C)COC23CCN(C(=O)C2CCC2)CC3)cc1. The number of carbonyl (C=O) groups is 3. The Morgan fingerprint density at radius 1 is 1.12 bits per heavy atom. The number of nitrogens with one attached hydrogen (secondary N) is 1. The van der Waals surface area contributed by atoms with Crippen molar-refractivity contribution < 1.29 is 23.9 Å². The number of methoxy groups -OCH3 is 1. The lowest BCUT2D eigenvalue weighted by Gasteiger charge is -2.45. The quantitative estimate of drug-likeness (QED) is 0.754. The fraction of sp³-hybridized carbons (Fsp3) is 0.625. The molecule has 1 spiro atoms. The summed E-state index contributed by atoms with van der Waals surface area (Å²) < 4.78 is 11.4. The van der Waals surface area contributed by atoms with Crippen LogP contribution in [0, 0.1) is 5.92 Å². The van der Waals surface area contributed by atoms with E-state index >= 15 is 0 Å². The molecule has 1 aliphatic carbocycles. The molecule has 32 heavy (non-hydrogen) atoms. The Bertz CT molecular complexity index is 857. The Morgan fingerprint density at radius 2 is 1.78 bits per heavy atom. The lowest BCUT2D eigenvalue weighted by Crippen LogP contribution is -2.60. The van der Waals surface area contributed by atoms with E-state index in [1.165, 1.54) is 0 Å². The van der Waals surface area contributed by atoms with Crippen molar-refractivity contribution in [3.63, 3.8) is 0 Å². The molecule has 8 heteroatoms. The summed E-state index contributed by atoms with van der Waals surface area (Å²) in [7, 11) is 1.57. The van der Waals surface area contributed by atoms with Crippen molar-refractivity contribution >= 4 is 17.7 Å². The van der Waals surface area contributed by atoms with Crippen LogP contribution in [0.2, 0.25) is 0 Å². The maximum absolute atomic E-state index is 13.6. The topological polar surface area (TPSA) is 88.2 Å². The highest BCUT2D eigenvalue weighted by Gasteiger charge is 2.54. The van der Waals surface area contributed by atoms with E-state index in [9.17, 15) is 14.4 Å². The molecule has 0 unspecified atom stereocenters. The molecule has 1 saturated carbocycles. The molecule has 1 N–H and O–H groups in total. The number of nitrogens with zero attached hydrogens (tertiary/aromatic N) is 2. The Morgan fingerprint density at radius 3 is 2.31 bits per heavy atom. The van der Waals surface area contributed by atoms with Crippen LogP contribution in [-0.2, 0) is 14.3 Å². The lowest BCUT2D eigenvalue weighted by atomic mass is 9.83. The van der Waals surface area contributed by atoms with Gasteiger partial charge in [-0.05, 0) is 51.0 Å². The predicted octanol–water partition coefficient (Wildman–Crippen LogP) is 2.18. The molecular weight excluding hydrogens is 410 g/mol. The number of hydrogen-bond donors (Lipinski definition) is 1. The summed E-state index contributed by atoms with van der Waals surface area (Å²) in [4.78, 5) is 42.8. The van der Waals surface area contributed by atoms with Gasteiger partial charge in [-0.3, -0.25) is 19.3 Å². The van der Waals surface area contributed by atoms with Crippen LogP contribution in [0.1, 0.15) is 56.3 Å². The molecule has 2 aliphatic heterocycles. The highest BCUT2D eigenvalue weighted by atomic mass is 16.5. The molecule has 8 nitrogen and oxygen atoms in total. The molecule has 4 rings (SSSR count). The first kappa shape index (κ1) is 22.6. The van der Waals surface area contributed by atoms with Crippen LogP contribution in [0.5, 0.6) is 5.75 Å². The van der Waals surface area contributed by atoms with Crippen molar-refractivity contribution in [3.8, 4) is 5.75 Å². The summed E-state index contributed by atoms with van der Waals surface area (Å²) in [5.74, 6) is 0.562. The van der Waals surface area contributed by atoms with Crippen LogP contribution in [-0.4, -0.2) is 72.1 Å². The third-order valence-electron chi connectivity index (χ3n) is 6.86. The number of ether oxygens (including phenoxy) is 2. The minimum atomic E-state index is -0.883. The molecule has 0 bridgehead atoms. The molecule has 1 aromatic carbocycles. The minimum Gasteiger partial charge on any atom is -0.497 e. The van der Waals surface area contributed by atoms with Crippen molar-refractivity contribution in [2.45, 2.75) is 63.8 Å². The zero-order chi connectivity index (χ0) is 22.9. The second-order valence-corrected chi connectivity index (χ2v) is 9.29. The lowest BCUT2D eigenvalue weighted by molar-refractivity contribution is -0.149. The Labute approximate surface area is 189 Å². The number of carbonyl (C=O) groups excluding carboxylic acids is 3. The van der Waals surface area contributed by atoms with Crippen molar-refractivity contribution in [2.24, 2.45) is 5.92 Å². The first-order valence-electron chi connectivity index (χ1n) is 11.6. The molecule has 2 heterocycles. The fourth-order valence-corrected chi connectivity index (χ4v) is 4.81. The third-order valence-corrected chi connectivity index (χ3v) is 6.86. The Hall–Kier alpha value is -2.61. The number of likely N-dealkylation sites (tertiary alicyclic amines) is 1. The highest BCUT2D eigenvalue weighted by molar-refractivity contribution is 5.98. The van der Waals surface area contributed by atoms with Gasteiger partial charge in [0.2, 0.25) is 11.8 Å². The average Bonchev–Trinajstić information content (AvgIpc) is 3.10. The van der Waals surface area contributed by atoms with Gasteiger partial charge < -0.3 is 19.7 Å². The molecule has 174 valence electrons. The van der Waals surface area contributed by atoms with Gasteiger partial charge in [0, 0.05) is 43.5 Å². The van der Waals surface area contributed by atoms with Crippen LogP contribution in [0.3, 0.4) is 0 Å². The molecule has 0 aromatic heterocycles. The van der Waals surface area contributed by atoms with Gasteiger partial charge in [-0.2, -0.15) is 0 Å². The van der Waals surface area contributed by atoms with Crippen molar-refractivity contribution in [2.75, 3.05) is 26.8 Å². The smallest absolute Gasteiger partial charge is 0.256 e. The summed E-state index contributed by atoms with van der Waals surface area (Å²) in [6.07, 6.45) is 4.05. The molecule has 0 radical (unpaired) electrons. The van der Waals surface area contributed by atoms with Gasteiger partial charge in [0.25, 0.3) is 5.91 Å². The predicted molar refractivity (Wildman–Crippen MR) is 118 cm³/mol. The number of piperidine rings is 1. The minimum absolute atomic E-state index is 0.0427. The van der Waals surface area contributed by atoms with Gasteiger partial charge in [-0.15, -0.1) is 0 Å². The van der Waals surface area contributed by atoms with E-state index in [-0.39, 0.29) is 36.3 Å². The molecule has 1 atom stereocenters. The van der Waals surface area contributed by atoms with Gasteiger partial charge >= 0.3 is 0 Å². The maximum Gasteiger partial charge on any atom is 0.256 e. The first-order valence-corrected chi connectivity index (χ1v) is 11.6. The Kier molecular flexibility index (Phi) is 6.42. The number of rotatable bonds is 5. The van der Waals surface area contributed by atoms with E-state index in [4.69, 9.17) is 9.47 Å². The normalized spacial score (nSPS) is 22.7. The highest BCUT2D eigenvalue weighted by Crippen LogP contribution is 2.39. The molecule has 1 aromatic rings. The van der Waals surface area contributed by atoms with E-state index in [1.54, 1.807) is 36.3 Å². The number of benzene rings is 1. The summed E-state index contributed by atoms with van der Waals surface area (Å²) in [6.45, 7) is 4.99. The van der Waals surface area contributed by atoms with Crippen LogP contribution >= 0.6 is 0 Å². The van der Waals surface area contributed by atoms with E-state index in [2.05, 4.69) is 5.32 Å². The van der Waals surface area contributed by atoms with Gasteiger partial charge in [-0.25, -0.2) is 0 Å².